The summed E-state index contributed by atoms with van der Waals surface area (Å²) in [7, 11) is 0. The van der Waals surface area contributed by atoms with E-state index in [1.165, 1.54) is 10.7 Å². The zero-order valence-corrected chi connectivity index (χ0v) is 19.8. The molecular weight excluding hydrogens is 450 g/mol. The number of halogens is 2. The third-order valence-corrected chi connectivity index (χ3v) is 6.09. The van der Waals surface area contributed by atoms with Crippen LogP contribution in [0.3, 0.4) is 0 Å². The molecule has 180 valence electrons. The summed E-state index contributed by atoms with van der Waals surface area (Å²) in [6.07, 6.45) is 3.81. The minimum absolute atomic E-state index is 0.00113. The van der Waals surface area contributed by atoms with Gasteiger partial charge in [0.1, 0.15) is 17.8 Å². The summed E-state index contributed by atoms with van der Waals surface area (Å²) >= 11 is 0. The van der Waals surface area contributed by atoms with Crippen molar-refractivity contribution in [1.82, 2.24) is 29.5 Å². The minimum Gasteiger partial charge on any atom is -0.347 e. The maximum Gasteiger partial charge on any atom is 0.242 e. The lowest BCUT2D eigenvalue weighted by molar-refractivity contribution is 0.0961. The van der Waals surface area contributed by atoms with Gasteiger partial charge in [-0.3, -0.25) is 14.9 Å². The van der Waals surface area contributed by atoms with Crippen LogP contribution in [0.2, 0.25) is 0 Å². The number of likely N-dealkylation sites (tertiary alicyclic amines) is 1. The highest BCUT2D eigenvalue weighted by Crippen LogP contribution is 2.32. The number of piperidine rings is 1. The summed E-state index contributed by atoms with van der Waals surface area (Å²) in [5.41, 5.74) is 2.36. The average molecular weight is 477 g/mol. The Bertz CT molecular complexity index is 1440. The van der Waals surface area contributed by atoms with Crippen LogP contribution >= 0.6 is 0 Å². The molecule has 3 aromatic heterocycles. The third kappa shape index (κ3) is 4.64. The highest BCUT2D eigenvalue weighted by Gasteiger charge is 2.32. The van der Waals surface area contributed by atoms with Crippen molar-refractivity contribution in [2.75, 3.05) is 25.0 Å². The monoisotopic (exact) mass is 476 g/mol. The first kappa shape index (κ1) is 23.1. The second-order valence-corrected chi connectivity index (χ2v) is 10.2. The molecule has 0 bridgehead atoms. The summed E-state index contributed by atoms with van der Waals surface area (Å²) in [5.74, 6) is -0.452. The second-order valence-electron chi connectivity index (χ2n) is 10.2. The van der Waals surface area contributed by atoms with Crippen molar-refractivity contribution in [2.24, 2.45) is 5.41 Å². The number of nitrogens with zero attached hydrogens (tertiary/aromatic N) is 7. The Labute approximate surface area is 201 Å². The first-order valence-corrected chi connectivity index (χ1v) is 11.5. The maximum atomic E-state index is 15.1. The number of fused-ring (bicyclic) bond motifs is 2. The summed E-state index contributed by atoms with van der Waals surface area (Å²) in [6, 6.07) is 6.74. The van der Waals surface area contributed by atoms with Gasteiger partial charge < -0.3 is 5.32 Å². The molecule has 1 saturated heterocycles. The second kappa shape index (κ2) is 8.82. The van der Waals surface area contributed by atoms with Gasteiger partial charge in [-0.05, 0) is 29.5 Å². The number of anilines is 1. The van der Waals surface area contributed by atoms with Gasteiger partial charge in [-0.1, -0.05) is 26.8 Å². The van der Waals surface area contributed by atoms with Crippen molar-refractivity contribution in [3.63, 3.8) is 0 Å². The van der Waals surface area contributed by atoms with Crippen molar-refractivity contribution in [2.45, 2.75) is 39.4 Å². The van der Waals surface area contributed by atoms with E-state index in [0.29, 0.717) is 29.6 Å². The summed E-state index contributed by atoms with van der Waals surface area (Å²) < 4.78 is 31.4. The zero-order valence-electron chi connectivity index (χ0n) is 19.8. The van der Waals surface area contributed by atoms with E-state index in [2.05, 4.69) is 51.0 Å². The molecule has 0 radical (unpaired) electrons. The van der Waals surface area contributed by atoms with Crippen molar-refractivity contribution < 1.29 is 8.78 Å². The molecule has 4 heterocycles. The van der Waals surface area contributed by atoms with Crippen LogP contribution in [0.4, 0.5) is 14.7 Å². The van der Waals surface area contributed by atoms with Crippen molar-refractivity contribution in [3.8, 4) is 17.2 Å². The van der Waals surface area contributed by atoms with Gasteiger partial charge in [-0.2, -0.15) is 10.2 Å². The lowest BCUT2D eigenvalue weighted by atomic mass is 9.94. The molecule has 1 aromatic carbocycles. The molecule has 2 atom stereocenters. The Kier molecular flexibility index (Phi) is 5.81. The van der Waals surface area contributed by atoms with Crippen LogP contribution in [0.25, 0.3) is 27.7 Å². The van der Waals surface area contributed by atoms with Crippen LogP contribution in [0.15, 0.2) is 36.8 Å². The smallest absolute Gasteiger partial charge is 0.242 e. The number of nitriles is 1. The average Bonchev–Trinajstić information content (AvgIpc) is 3.14. The normalized spacial score (nSPS) is 19.2. The molecule has 35 heavy (non-hydrogen) atoms. The summed E-state index contributed by atoms with van der Waals surface area (Å²) in [6.45, 7) is 8.27. The molecule has 10 heteroatoms. The lowest BCUT2D eigenvalue weighted by Gasteiger charge is -2.38. The van der Waals surface area contributed by atoms with E-state index in [-0.39, 0.29) is 28.1 Å². The van der Waals surface area contributed by atoms with E-state index in [1.807, 2.05) is 6.07 Å². The molecule has 0 aliphatic carbocycles. The number of alkyl halides is 1. The molecule has 0 amide bonds. The Hall–Kier alpha value is -3.71. The van der Waals surface area contributed by atoms with Crippen LogP contribution in [-0.2, 0) is 0 Å². The van der Waals surface area contributed by atoms with E-state index >= 15 is 4.39 Å². The van der Waals surface area contributed by atoms with E-state index in [9.17, 15) is 9.65 Å². The molecular formula is C25H26F2N8. The van der Waals surface area contributed by atoms with Gasteiger partial charge in [-0.15, -0.1) is 5.10 Å². The highest BCUT2D eigenvalue weighted by atomic mass is 19.1. The number of hydrogen-bond acceptors (Lipinski definition) is 7. The van der Waals surface area contributed by atoms with Crippen LogP contribution in [0.5, 0.6) is 0 Å². The molecule has 0 spiro atoms. The topological polar surface area (TPSA) is 95.0 Å². The molecule has 1 N–H and O–H groups in total. The van der Waals surface area contributed by atoms with Crippen LogP contribution in [-0.4, -0.2) is 61.3 Å². The van der Waals surface area contributed by atoms with Crippen molar-refractivity contribution >= 4 is 22.5 Å². The van der Waals surface area contributed by atoms with E-state index in [0.717, 1.165) is 13.1 Å². The molecule has 1 aliphatic rings. The van der Waals surface area contributed by atoms with Crippen molar-refractivity contribution in [1.29, 1.82) is 5.26 Å². The Morgan fingerprint density at radius 2 is 1.97 bits per heavy atom. The van der Waals surface area contributed by atoms with Gasteiger partial charge in [-0.25, -0.2) is 13.3 Å². The zero-order chi connectivity index (χ0) is 24.7. The number of nitrogens with one attached hydrogen (secondary N) is 1. The van der Waals surface area contributed by atoms with E-state index in [1.54, 1.807) is 30.6 Å². The maximum absolute atomic E-state index is 15.1. The fourth-order valence-corrected chi connectivity index (χ4v) is 4.70. The van der Waals surface area contributed by atoms with Crippen LogP contribution in [0.1, 0.15) is 32.9 Å². The third-order valence-electron chi connectivity index (χ3n) is 6.09. The fourth-order valence-electron chi connectivity index (χ4n) is 4.70. The Morgan fingerprint density at radius 3 is 2.69 bits per heavy atom. The van der Waals surface area contributed by atoms with Gasteiger partial charge in [0.2, 0.25) is 5.95 Å². The molecule has 4 aromatic rings. The highest BCUT2D eigenvalue weighted by molar-refractivity contribution is 5.89. The number of rotatable bonds is 4. The molecule has 0 saturated carbocycles. The largest absolute Gasteiger partial charge is 0.347 e. The van der Waals surface area contributed by atoms with E-state index < -0.39 is 18.0 Å². The summed E-state index contributed by atoms with van der Waals surface area (Å²) in [5, 5.41) is 17.2. The lowest BCUT2D eigenvalue weighted by Crippen LogP contribution is -2.50. The molecule has 2 unspecified atom stereocenters. The van der Waals surface area contributed by atoms with Gasteiger partial charge >= 0.3 is 0 Å². The quantitative estimate of drug-likeness (QED) is 0.471. The fraction of sp³-hybridized carbons (Fsp3) is 0.400. The van der Waals surface area contributed by atoms with E-state index in [4.69, 9.17) is 0 Å². The predicted octanol–water partition coefficient (Wildman–Crippen LogP) is 4.22. The molecule has 8 nitrogen and oxygen atoms in total. The number of aromatic nitrogens is 5. The Morgan fingerprint density at radius 1 is 1.20 bits per heavy atom. The molecule has 5 rings (SSSR count). The first-order chi connectivity index (χ1) is 16.7. The predicted molar refractivity (Wildman–Crippen MR) is 129 cm³/mol. The van der Waals surface area contributed by atoms with Crippen LogP contribution in [0, 0.1) is 22.6 Å². The van der Waals surface area contributed by atoms with Gasteiger partial charge in [0.15, 0.2) is 11.5 Å². The number of hydrogen-bond donors (Lipinski definition) is 1. The standard InChI is InChI=1S/C25H26F2N8/c1-25(2,3)14-34-9-6-18(16(26)12-34)31-24-32-21(11-28)23-22(17(27)13-35(23)33-24)15-4-5-19-20(10-15)30-8-7-29-19/h4-5,7-8,10,13,16,18H,6,9,12,14H2,1-3H3,(H,31,33). The SMILES string of the molecule is CC(C)(C)CN1CCC(Nc2nc(C#N)c3c(-c4ccc5nccnc5c4)c(F)cn3n2)C(F)C1. The molecule has 1 fully saturated rings. The van der Waals surface area contributed by atoms with Gasteiger partial charge in [0.05, 0.1) is 23.3 Å². The summed E-state index contributed by atoms with van der Waals surface area (Å²) in [4.78, 5) is 14.9. The molecule has 1 aliphatic heterocycles. The Balaban J connectivity index is 1.45. The van der Waals surface area contributed by atoms with Gasteiger partial charge in [0.25, 0.3) is 0 Å². The number of benzene rings is 1. The first-order valence-electron chi connectivity index (χ1n) is 11.5. The van der Waals surface area contributed by atoms with Crippen molar-refractivity contribution in [3.05, 3.63) is 48.3 Å². The minimum atomic E-state index is -1.12. The van der Waals surface area contributed by atoms with Gasteiger partial charge in [0, 0.05) is 37.6 Å². The van der Waals surface area contributed by atoms with Crippen LogP contribution < -0.4 is 5.32 Å².